The van der Waals surface area contributed by atoms with E-state index in [-0.39, 0.29) is 17.1 Å². The van der Waals surface area contributed by atoms with Crippen molar-refractivity contribution in [3.05, 3.63) is 55.6 Å². The Kier molecular flexibility index (Phi) is 6.41. The van der Waals surface area contributed by atoms with Gasteiger partial charge in [0.15, 0.2) is 5.78 Å². The van der Waals surface area contributed by atoms with Crippen LogP contribution in [0.5, 0.6) is 5.75 Å². The van der Waals surface area contributed by atoms with Gasteiger partial charge in [0.1, 0.15) is 17.1 Å². The van der Waals surface area contributed by atoms with Gasteiger partial charge in [-0.15, -0.1) is 11.3 Å². The molecule has 0 amide bonds. The lowest BCUT2D eigenvalue weighted by molar-refractivity contribution is -0.134. The zero-order valence-corrected chi connectivity index (χ0v) is 15.7. The van der Waals surface area contributed by atoms with E-state index < -0.39 is 34.2 Å². The molecule has 2 aromatic rings. The Bertz CT molecular complexity index is 928. The maximum atomic E-state index is 12.3. The number of carboxylic acid groups (broad SMARTS) is 1. The number of hydrogen-bond acceptors (Lipinski definition) is 6. The third-order valence-corrected chi connectivity index (χ3v) is 6.00. The number of hydrogen-bond donors (Lipinski definition) is 2. The first kappa shape index (κ1) is 20.0. The molecule has 2 heterocycles. The molecule has 1 atom stereocenters. The normalized spacial score (nSPS) is 12.4. The smallest absolute Gasteiger partial charge is 0.353 e. The molecule has 2 N–H and O–H groups in total. The van der Waals surface area contributed by atoms with Gasteiger partial charge in [-0.05, 0) is 42.4 Å². The number of ketones is 1. The lowest BCUT2D eigenvalue weighted by Gasteiger charge is -2.07. The molecule has 0 saturated heterocycles. The molecule has 0 aliphatic heterocycles. The second kappa shape index (κ2) is 8.35. The minimum absolute atomic E-state index is 0.123. The number of pyridine rings is 1. The Morgan fingerprint density at radius 3 is 2.73 bits per heavy atom. The molecular weight excluding hydrogens is 378 g/mol. The van der Waals surface area contributed by atoms with Gasteiger partial charge in [0.2, 0.25) is 5.75 Å². The van der Waals surface area contributed by atoms with E-state index in [1.54, 1.807) is 19.1 Å². The highest BCUT2D eigenvalue weighted by Crippen LogP contribution is 2.21. The molecule has 0 aliphatic rings. The molecule has 138 valence electrons. The first-order chi connectivity index (χ1) is 12.2. The number of allylic oxidation sites excluding steroid dienone is 1. The third-order valence-electron chi connectivity index (χ3n) is 3.56. The fraction of sp³-hybridized carbons (Fsp3) is 0.235. The number of aromatic hydroxyl groups is 1. The van der Waals surface area contributed by atoms with Gasteiger partial charge in [0.25, 0.3) is 5.56 Å². The Hall–Kier alpha value is -2.36. The van der Waals surface area contributed by atoms with Crippen LogP contribution in [0.15, 0.2) is 29.1 Å². The predicted molar refractivity (Wildman–Crippen MR) is 100 cm³/mol. The fourth-order valence-corrected chi connectivity index (χ4v) is 4.32. The van der Waals surface area contributed by atoms with E-state index in [2.05, 4.69) is 0 Å². The van der Waals surface area contributed by atoms with Crippen molar-refractivity contribution in [1.29, 1.82) is 0 Å². The number of thiophene rings is 1. The van der Waals surface area contributed by atoms with E-state index in [1.165, 1.54) is 41.2 Å². The summed E-state index contributed by atoms with van der Waals surface area (Å²) in [7, 11) is 1.51. The molecule has 26 heavy (non-hydrogen) atoms. The molecule has 0 radical (unpaired) electrons. The summed E-state index contributed by atoms with van der Waals surface area (Å²) in [5, 5.41) is 18.5. The van der Waals surface area contributed by atoms with Crippen LogP contribution < -0.4 is 5.56 Å². The minimum atomic E-state index is -1.50. The number of carboxylic acids is 1. The van der Waals surface area contributed by atoms with Crippen LogP contribution in [-0.2, 0) is 28.8 Å². The van der Waals surface area contributed by atoms with Crippen LogP contribution in [0, 0.1) is 6.92 Å². The van der Waals surface area contributed by atoms with Gasteiger partial charge in [-0.2, -0.15) is 0 Å². The summed E-state index contributed by atoms with van der Waals surface area (Å²) in [5.41, 5.74) is -0.341. The molecule has 0 bridgehead atoms. The van der Waals surface area contributed by atoms with Crippen molar-refractivity contribution in [2.24, 2.45) is 7.05 Å². The van der Waals surface area contributed by atoms with Crippen LogP contribution in [-0.4, -0.2) is 36.8 Å². The summed E-state index contributed by atoms with van der Waals surface area (Å²) in [5.74, 6) is -2.40. The summed E-state index contributed by atoms with van der Waals surface area (Å²) >= 11 is -0.230. The van der Waals surface area contributed by atoms with Crippen LogP contribution in [0.2, 0.25) is 0 Å². The van der Waals surface area contributed by atoms with E-state index in [4.69, 9.17) is 5.11 Å². The van der Waals surface area contributed by atoms with Gasteiger partial charge in [-0.3, -0.25) is 9.59 Å². The highest BCUT2D eigenvalue weighted by Gasteiger charge is 2.17. The summed E-state index contributed by atoms with van der Waals surface area (Å²) in [6.45, 7) is 1.65. The average molecular weight is 395 g/mol. The highest BCUT2D eigenvalue weighted by atomic mass is 32.2. The Morgan fingerprint density at radius 1 is 1.38 bits per heavy atom. The monoisotopic (exact) mass is 395 g/mol. The Balaban J connectivity index is 2.14. The Labute approximate surface area is 156 Å². The van der Waals surface area contributed by atoms with Gasteiger partial charge in [0, 0.05) is 23.7 Å². The maximum absolute atomic E-state index is 12.3. The zero-order chi connectivity index (χ0) is 19.4. The van der Waals surface area contributed by atoms with Crippen LogP contribution >= 0.6 is 11.3 Å². The standard InChI is InChI=1S/C17H17NO6S2/c1-10-7-14(20)16(17(23)18(10)2)13(19)6-5-11-3-4-12(25-11)8-26(24)9-15(21)22/h3-7,20H,8-9H2,1-2H3,(H,21,22). The summed E-state index contributed by atoms with van der Waals surface area (Å²) in [6.07, 6.45) is 2.69. The van der Waals surface area contributed by atoms with E-state index in [1.807, 2.05) is 0 Å². The van der Waals surface area contributed by atoms with Crippen molar-refractivity contribution >= 4 is 40.3 Å². The molecule has 9 heteroatoms. The van der Waals surface area contributed by atoms with Gasteiger partial charge in [-0.1, -0.05) is 0 Å². The first-order valence-electron chi connectivity index (χ1n) is 7.46. The number of aryl methyl sites for hydroxylation is 1. The molecule has 2 rings (SSSR count). The number of aliphatic carboxylic acids is 1. The van der Waals surface area contributed by atoms with Gasteiger partial charge in [-0.25, -0.2) is 4.79 Å². The average Bonchev–Trinajstić information content (AvgIpc) is 2.97. The van der Waals surface area contributed by atoms with E-state index in [0.29, 0.717) is 10.6 Å². The topological polar surface area (TPSA) is 120 Å². The highest BCUT2D eigenvalue weighted by molar-refractivity contribution is 7.91. The number of nitrogens with zero attached hydrogens (tertiary/aromatic N) is 1. The van der Waals surface area contributed by atoms with Gasteiger partial charge < -0.3 is 19.3 Å². The molecule has 7 nitrogen and oxygen atoms in total. The number of carbonyl (C=O) groups excluding carboxylic acids is 1. The van der Waals surface area contributed by atoms with Crippen molar-refractivity contribution in [3.63, 3.8) is 0 Å². The van der Waals surface area contributed by atoms with Crippen molar-refractivity contribution in [2.45, 2.75) is 12.7 Å². The second-order valence-corrected chi connectivity index (χ2v) is 8.19. The maximum Gasteiger partial charge on any atom is 0.353 e. The van der Waals surface area contributed by atoms with Crippen LogP contribution in [0.4, 0.5) is 0 Å². The lowest BCUT2D eigenvalue weighted by atomic mass is 10.1. The quantitative estimate of drug-likeness (QED) is 0.418. The summed E-state index contributed by atoms with van der Waals surface area (Å²) in [4.78, 5) is 36.3. The second-order valence-electron chi connectivity index (χ2n) is 5.53. The Morgan fingerprint density at radius 2 is 2.08 bits per heavy atom. The van der Waals surface area contributed by atoms with Crippen molar-refractivity contribution in [2.75, 3.05) is 5.75 Å². The van der Waals surface area contributed by atoms with Crippen molar-refractivity contribution in [1.82, 2.24) is 4.57 Å². The number of aromatic nitrogens is 1. The fourth-order valence-electron chi connectivity index (χ4n) is 2.19. The van der Waals surface area contributed by atoms with E-state index in [9.17, 15) is 24.0 Å². The zero-order valence-electron chi connectivity index (χ0n) is 14.1. The van der Waals surface area contributed by atoms with Crippen LogP contribution in [0.3, 0.4) is 0 Å². The molecule has 0 aromatic carbocycles. The molecule has 0 fully saturated rings. The number of carbonyl (C=O) groups is 2. The molecular formula is C17H17NO6S2. The van der Waals surface area contributed by atoms with Crippen molar-refractivity contribution in [3.8, 4) is 5.75 Å². The molecule has 0 saturated carbocycles. The lowest BCUT2D eigenvalue weighted by Crippen LogP contribution is -2.25. The molecule has 1 unspecified atom stereocenters. The van der Waals surface area contributed by atoms with Crippen LogP contribution in [0.1, 0.15) is 25.8 Å². The predicted octanol–water partition coefficient (Wildman–Crippen LogP) is 1.69. The molecule has 2 aromatic heterocycles. The van der Waals surface area contributed by atoms with E-state index in [0.717, 1.165) is 4.88 Å². The molecule has 0 aliphatic carbocycles. The first-order valence-corrected chi connectivity index (χ1v) is 9.77. The number of rotatable bonds is 7. The molecule has 0 spiro atoms. The van der Waals surface area contributed by atoms with E-state index >= 15 is 0 Å². The minimum Gasteiger partial charge on any atom is -0.616 e. The third kappa shape index (κ3) is 4.84. The van der Waals surface area contributed by atoms with Crippen molar-refractivity contribution < 1.29 is 24.4 Å². The summed E-state index contributed by atoms with van der Waals surface area (Å²) < 4.78 is 12.9. The summed E-state index contributed by atoms with van der Waals surface area (Å²) in [6, 6.07) is 4.76. The van der Waals surface area contributed by atoms with Crippen LogP contribution in [0.25, 0.3) is 6.08 Å². The van der Waals surface area contributed by atoms with Gasteiger partial charge in [0.05, 0.1) is 4.88 Å². The SMILES string of the molecule is Cc1cc(O)c(C(=O)C=Cc2ccc(C[S+]([O-])CC(=O)O)s2)c(=O)n1C. The largest absolute Gasteiger partial charge is 0.616 e. The van der Waals surface area contributed by atoms with Gasteiger partial charge >= 0.3 is 5.97 Å².